The number of unbranched alkanes of at least 4 members (excludes halogenated alkanes) is 7. The molecule has 0 saturated heterocycles. The van der Waals surface area contributed by atoms with E-state index in [0.717, 1.165) is 18.4 Å². The van der Waals surface area contributed by atoms with Crippen LogP contribution in [0.2, 0.25) is 0 Å². The van der Waals surface area contributed by atoms with Crippen LogP contribution in [0.3, 0.4) is 0 Å². The zero-order valence-corrected chi connectivity index (χ0v) is 18.6. The highest BCUT2D eigenvalue weighted by molar-refractivity contribution is 5.90. The molecule has 3 rings (SSSR count). The highest BCUT2D eigenvalue weighted by Gasteiger charge is 2.26. The lowest BCUT2D eigenvalue weighted by Gasteiger charge is -2.23. The second-order valence-corrected chi connectivity index (χ2v) is 8.27. The highest BCUT2D eigenvalue weighted by atomic mass is 16.5. The van der Waals surface area contributed by atoms with E-state index in [0.29, 0.717) is 16.9 Å². The van der Waals surface area contributed by atoms with Crippen LogP contribution in [0.15, 0.2) is 47.8 Å². The number of aromatic hydroxyl groups is 2. The molecule has 0 unspecified atom stereocenters. The Morgan fingerprint density at radius 3 is 2.31 bits per heavy atom. The number of ether oxygens (including phenoxy) is 1. The average molecular weight is 438 g/mol. The summed E-state index contributed by atoms with van der Waals surface area (Å²) in [4.78, 5) is 11.0. The molecule has 1 aliphatic rings. The third kappa shape index (κ3) is 5.31. The molecule has 0 amide bonds. The smallest absolute Gasteiger partial charge is 0.187 e. The molecule has 0 fully saturated rings. The van der Waals surface area contributed by atoms with Gasteiger partial charge in [-0.15, -0.1) is 4.91 Å². The third-order valence-corrected chi connectivity index (χ3v) is 5.83. The van der Waals surface area contributed by atoms with E-state index >= 15 is 0 Å². The first-order chi connectivity index (χ1) is 15.5. The van der Waals surface area contributed by atoms with Gasteiger partial charge in [-0.1, -0.05) is 70.6 Å². The number of hydrogen-bond acceptors (Lipinski definition) is 6. The van der Waals surface area contributed by atoms with Crippen LogP contribution in [0.4, 0.5) is 5.69 Å². The molecule has 0 spiro atoms. The number of nitrogens with zero attached hydrogens (tertiary/aromatic N) is 1. The summed E-state index contributed by atoms with van der Waals surface area (Å²) in [7, 11) is 0. The van der Waals surface area contributed by atoms with Crippen LogP contribution in [0.5, 0.6) is 17.2 Å². The molecule has 2 aromatic carbocycles. The summed E-state index contributed by atoms with van der Waals surface area (Å²) in [5.74, 6) is -0.748. The fraction of sp³-hybridized carbons (Fsp3) is 0.385. The van der Waals surface area contributed by atoms with Crippen molar-refractivity contribution in [1.82, 2.24) is 0 Å². The number of aliphatic hydroxyl groups is 1. The Hall–Kier alpha value is -3.28. The lowest BCUT2D eigenvalue weighted by atomic mass is 9.96. The van der Waals surface area contributed by atoms with Crippen LogP contribution in [0.1, 0.15) is 75.0 Å². The normalized spacial score (nSPS) is 13.1. The number of phenols is 2. The number of aliphatic hydroxyl groups excluding tert-OH is 1. The first-order valence-electron chi connectivity index (χ1n) is 11.3. The predicted octanol–water partition coefficient (Wildman–Crippen LogP) is 7.51. The zero-order chi connectivity index (χ0) is 23.1. The van der Waals surface area contributed by atoms with Gasteiger partial charge in [-0.3, -0.25) is 0 Å². The van der Waals surface area contributed by atoms with E-state index in [1.165, 1.54) is 57.1 Å². The molecule has 1 aliphatic heterocycles. The summed E-state index contributed by atoms with van der Waals surface area (Å²) in [5.41, 5.74) is 2.07. The second kappa shape index (κ2) is 10.8. The maximum Gasteiger partial charge on any atom is 0.187 e. The van der Waals surface area contributed by atoms with Gasteiger partial charge in [-0.25, -0.2) is 0 Å². The topological polar surface area (TPSA) is 99.4 Å². The van der Waals surface area contributed by atoms with Crippen molar-refractivity contribution in [3.05, 3.63) is 64.3 Å². The Morgan fingerprint density at radius 2 is 1.62 bits per heavy atom. The van der Waals surface area contributed by atoms with Gasteiger partial charge in [-0.05, 0) is 41.8 Å². The number of rotatable bonds is 11. The largest absolute Gasteiger partial charge is 0.504 e. The molecule has 0 aromatic heterocycles. The van der Waals surface area contributed by atoms with Crippen LogP contribution < -0.4 is 4.74 Å². The van der Waals surface area contributed by atoms with Crippen LogP contribution in [0.25, 0.3) is 11.3 Å². The summed E-state index contributed by atoms with van der Waals surface area (Å²) in [5, 5.41) is 33.0. The fourth-order valence-corrected chi connectivity index (χ4v) is 3.94. The Bertz CT molecular complexity index is 1030. The van der Waals surface area contributed by atoms with Gasteiger partial charge in [0, 0.05) is 16.7 Å². The zero-order valence-electron chi connectivity index (χ0n) is 18.6. The van der Waals surface area contributed by atoms with E-state index in [1.54, 1.807) is 0 Å². The molecular formula is C26H31NO5. The molecule has 32 heavy (non-hydrogen) atoms. The van der Waals surface area contributed by atoms with Crippen LogP contribution in [-0.4, -0.2) is 15.3 Å². The number of nitroso groups, excluding NO2 is 1. The fourth-order valence-electron chi connectivity index (χ4n) is 3.94. The van der Waals surface area contributed by atoms with Gasteiger partial charge in [-0.2, -0.15) is 0 Å². The van der Waals surface area contributed by atoms with Crippen LogP contribution in [0, 0.1) is 4.91 Å². The van der Waals surface area contributed by atoms with Crippen molar-refractivity contribution < 1.29 is 20.1 Å². The number of phenolic OH excluding ortho intramolecular Hbond substituents is 2. The number of hydrogen-bond donors (Lipinski definition) is 3. The highest BCUT2D eigenvalue weighted by Crippen LogP contribution is 2.44. The molecule has 0 atom stereocenters. The van der Waals surface area contributed by atoms with E-state index in [1.807, 2.05) is 18.2 Å². The maximum absolute atomic E-state index is 11.0. The Kier molecular flexibility index (Phi) is 7.92. The summed E-state index contributed by atoms with van der Waals surface area (Å²) in [6.07, 6.45) is 11.0. The van der Waals surface area contributed by atoms with Gasteiger partial charge in [0.2, 0.25) is 0 Å². The molecule has 6 nitrogen and oxygen atoms in total. The third-order valence-electron chi connectivity index (χ3n) is 5.83. The van der Waals surface area contributed by atoms with Crippen molar-refractivity contribution in [1.29, 1.82) is 0 Å². The molecule has 170 valence electrons. The standard InChI is InChI=1S/C26H31NO5/c1-3-4-5-6-7-8-9-10-11-18-12-13-20-17(2)24(29)26(32-23(20)14-18)19-15-21(27-31)25(30)22(28)16-19/h12-16,28-30H,2-11H2,1H3. The van der Waals surface area contributed by atoms with Crippen molar-refractivity contribution >= 4 is 17.0 Å². The quantitative estimate of drug-likeness (QED) is 0.192. The van der Waals surface area contributed by atoms with Gasteiger partial charge in [0.15, 0.2) is 28.7 Å². The summed E-state index contributed by atoms with van der Waals surface area (Å²) in [6, 6.07) is 8.30. The second-order valence-electron chi connectivity index (χ2n) is 8.27. The number of benzene rings is 2. The molecule has 6 heteroatoms. The van der Waals surface area contributed by atoms with Crippen LogP contribution >= 0.6 is 0 Å². The summed E-state index contributed by atoms with van der Waals surface area (Å²) >= 11 is 0. The molecule has 1 heterocycles. The Morgan fingerprint density at radius 1 is 0.938 bits per heavy atom. The van der Waals surface area contributed by atoms with Crippen LogP contribution in [-0.2, 0) is 6.42 Å². The van der Waals surface area contributed by atoms with E-state index in [-0.39, 0.29) is 22.8 Å². The Labute approximate surface area is 188 Å². The molecule has 3 N–H and O–H groups in total. The molecule has 0 radical (unpaired) electrons. The van der Waals surface area contributed by atoms with Gasteiger partial charge in [0.05, 0.1) is 0 Å². The van der Waals surface area contributed by atoms with Crippen molar-refractivity contribution in [2.24, 2.45) is 5.18 Å². The average Bonchev–Trinajstić information content (AvgIpc) is 2.79. The van der Waals surface area contributed by atoms with Gasteiger partial charge in [0.25, 0.3) is 0 Å². The maximum atomic E-state index is 11.0. The molecule has 0 bridgehead atoms. The van der Waals surface area contributed by atoms with Gasteiger partial charge < -0.3 is 20.1 Å². The monoisotopic (exact) mass is 437 g/mol. The number of aryl methyl sites for hydroxylation is 1. The lowest BCUT2D eigenvalue weighted by Crippen LogP contribution is -2.09. The van der Waals surface area contributed by atoms with Crippen molar-refractivity contribution in [3.63, 3.8) is 0 Å². The number of fused-ring (bicyclic) bond motifs is 1. The first kappa shape index (κ1) is 23.4. The minimum atomic E-state index is -0.619. The van der Waals surface area contributed by atoms with Gasteiger partial charge in [0.1, 0.15) is 5.75 Å². The summed E-state index contributed by atoms with van der Waals surface area (Å²) in [6.45, 7) is 6.18. The van der Waals surface area contributed by atoms with Crippen molar-refractivity contribution in [3.8, 4) is 17.2 Å². The first-order valence-corrected chi connectivity index (χ1v) is 11.3. The lowest BCUT2D eigenvalue weighted by molar-refractivity contribution is 0.395. The SMILES string of the molecule is C=C1C(O)=C(c2cc(O)c(O)c(N=O)c2)Oc2cc(CCCCCCCCCC)ccc21. The molecule has 2 aromatic rings. The number of allylic oxidation sites excluding steroid dienone is 1. The van der Waals surface area contributed by atoms with Crippen molar-refractivity contribution in [2.75, 3.05) is 0 Å². The van der Waals surface area contributed by atoms with E-state index < -0.39 is 11.5 Å². The molecule has 0 saturated carbocycles. The van der Waals surface area contributed by atoms with Crippen molar-refractivity contribution in [2.45, 2.75) is 64.7 Å². The predicted molar refractivity (Wildman–Crippen MR) is 127 cm³/mol. The minimum Gasteiger partial charge on any atom is -0.504 e. The summed E-state index contributed by atoms with van der Waals surface area (Å²) < 4.78 is 5.95. The molecular weight excluding hydrogens is 406 g/mol. The Balaban J connectivity index is 1.69. The van der Waals surface area contributed by atoms with E-state index in [9.17, 15) is 20.2 Å². The van der Waals surface area contributed by atoms with E-state index in [2.05, 4.69) is 18.7 Å². The van der Waals surface area contributed by atoms with Gasteiger partial charge >= 0.3 is 0 Å². The minimum absolute atomic E-state index is 0.0481. The molecule has 0 aliphatic carbocycles. The van der Waals surface area contributed by atoms with E-state index in [4.69, 9.17) is 4.74 Å².